The summed E-state index contributed by atoms with van der Waals surface area (Å²) in [7, 11) is 5.37. The molecule has 0 bridgehead atoms. The van der Waals surface area contributed by atoms with Crippen LogP contribution < -0.4 is 14.8 Å². The minimum Gasteiger partial charge on any atom is -0.493 e. The molecule has 2 aromatic carbocycles. The number of rotatable bonds is 8. The van der Waals surface area contributed by atoms with Gasteiger partial charge in [-0.2, -0.15) is 0 Å². The van der Waals surface area contributed by atoms with E-state index >= 15 is 0 Å². The van der Waals surface area contributed by atoms with Crippen molar-refractivity contribution in [3.05, 3.63) is 66.0 Å². The van der Waals surface area contributed by atoms with E-state index in [1.54, 1.807) is 14.2 Å². The van der Waals surface area contributed by atoms with Crippen LogP contribution in [0.3, 0.4) is 0 Å². The summed E-state index contributed by atoms with van der Waals surface area (Å²) in [5.41, 5.74) is 4.37. The molecular formula is C21H25N3O2. The number of hydrogen-bond acceptors (Lipinski definition) is 4. The molecular weight excluding hydrogens is 326 g/mol. The molecule has 0 aliphatic rings. The quantitative estimate of drug-likeness (QED) is 0.630. The molecule has 0 saturated heterocycles. The van der Waals surface area contributed by atoms with Crippen LogP contribution in [0.1, 0.15) is 17.0 Å². The van der Waals surface area contributed by atoms with Gasteiger partial charge in [-0.05, 0) is 30.2 Å². The molecule has 0 saturated carbocycles. The second-order valence-electron chi connectivity index (χ2n) is 6.16. The highest BCUT2D eigenvalue weighted by molar-refractivity contribution is 5.75. The predicted molar refractivity (Wildman–Crippen MR) is 105 cm³/mol. The average molecular weight is 351 g/mol. The van der Waals surface area contributed by atoms with Gasteiger partial charge in [-0.3, -0.25) is 0 Å². The van der Waals surface area contributed by atoms with Crippen LogP contribution in [0.25, 0.3) is 11.0 Å². The van der Waals surface area contributed by atoms with Crippen molar-refractivity contribution in [1.82, 2.24) is 14.9 Å². The molecule has 0 amide bonds. The first kappa shape index (κ1) is 18.0. The third-order valence-corrected chi connectivity index (χ3v) is 4.47. The summed E-state index contributed by atoms with van der Waals surface area (Å²) in [6.45, 7) is 5.23. The topological polar surface area (TPSA) is 48.3 Å². The van der Waals surface area contributed by atoms with Crippen molar-refractivity contribution < 1.29 is 9.47 Å². The smallest absolute Gasteiger partial charge is 0.164 e. The summed E-state index contributed by atoms with van der Waals surface area (Å²) >= 11 is 0. The zero-order chi connectivity index (χ0) is 18.5. The molecule has 136 valence electrons. The Bertz CT molecular complexity index is 915. The van der Waals surface area contributed by atoms with Crippen molar-refractivity contribution >= 4 is 11.0 Å². The molecule has 3 rings (SSSR count). The first-order chi connectivity index (χ1) is 12.7. The van der Waals surface area contributed by atoms with Gasteiger partial charge in [0.25, 0.3) is 0 Å². The summed E-state index contributed by atoms with van der Waals surface area (Å²) in [4.78, 5) is 4.69. The number of benzene rings is 2. The lowest BCUT2D eigenvalue weighted by Crippen LogP contribution is -2.16. The maximum absolute atomic E-state index is 5.49. The molecule has 0 spiro atoms. The van der Waals surface area contributed by atoms with Crippen molar-refractivity contribution in [3.8, 4) is 11.5 Å². The maximum Gasteiger partial charge on any atom is 0.164 e. The molecule has 0 radical (unpaired) electrons. The highest BCUT2D eigenvalue weighted by Crippen LogP contribution is 2.33. The number of para-hydroxylation sites is 2. The zero-order valence-corrected chi connectivity index (χ0v) is 15.6. The molecule has 0 unspecified atom stereocenters. The van der Waals surface area contributed by atoms with Gasteiger partial charge in [0.05, 0.1) is 31.8 Å². The Morgan fingerprint density at radius 2 is 1.96 bits per heavy atom. The summed E-state index contributed by atoms with van der Waals surface area (Å²) in [5, 5.41) is 3.47. The number of aryl methyl sites for hydroxylation is 1. The molecule has 1 aromatic heterocycles. The molecule has 5 heteroatoms. The standard InChI is InChI=1S/C21H25N3O2/c1-5-8-16-11-15(12-19(25-3)21(16)26-4)13-22-14-20-23-17-9-6-7-10-18(17)24(20)2/h5-7,9-12,22H,1,8,13-14H2,2-4H3. The zero-order valence-electron chi connectivity index (χ0n) is 15.6. The van der Waals surface area contributed by atoms with Crippen LogP contribution >= 0.6 is 0 Å². The van der Waals surface area contributed by atoms with E-state index in [1.807, 2.05) is 37.4 Å². The number of imidazole rings is 1. The van der Waals surface area contributed by atoms with E-state index in [0.717, 1.165) is 45.9 Å². The van der Waals surface area contributed by atoms with E-state index in [2.05, 4.69) is 28.6 Å². The lowest BCUT2D eigenvalue weighted by Gasteiger charge is -2.15. The molecule has 0 aliphatic carbocycles. The number of methoxy groups -OCH3 is 2. The number of aromatic nitrogens is 2. The minimum atomic E-state index is 0.691. The van der Waals surface area contributed by atoms with Gasteiger partial charge in [0.15, 0.2) is 11.5 Å². The van der Waals surface area contributed by atoms with Gasteiger partial charge in [-0.1, -0.05) is 24.3 Å². The van der Waals surface area contributed by atoms with Crippen molar-refractivity contribution in [1.29, 1.82) is 0 Å². The van der Waals surface area contributed by atoms with Gasteiger partial charge >= 0.3 is 0 Å². The van der Waals surface area contributed by atoms with Gasteiger partial charge in [0.1, 0.15) is 5.82 Å². The predicted octanol–water partition coefficient (Wildman–Crippen LogP) is 3.61. The maximum atomic E-state index is 5.49. The number of nitrogens with zero attached hydrogens (tertiary/aromatic N) is 2. The lowest BCUT2D eigenvalue weighted by atomic mass is 10.1. The van der Waals surface area contributed by atoms with Crippen LogP contribution in [0.2, 0.25) is 0 Å². The van der Waals surface area contributed by atoms with Crippen LogP contribution in [0.4, 0.5) is 0 Å². The van der Waals surface area contributed by atoms with Crippen LogP contribution in [0.15, 0.2) is 49.1 Å². The molecule has 3 aromatic rings. The molecule has 0 aliphatic heterocycles. The SMILES string of the molecule is C=CCc1cc(CNCc2nc3ccccc3n2C)cc(OC)c1OC. The van der Waals surface area contributed by atoms with E-state index in [9.17, 15) is 0 Å². The van der Waals surface area contributed by atoms with Crippen molar-refractivity contribution in [2.24, 2.45) is 7.05 Å². The van der Waals surface area contributed by atoms with Crippen molar-refractivity contribution in [3.63, 3.8) is 0 Å². The Labute approximate surface area is 154 Å². The summed E-state index contributed by atoms with van der Waals surface area (Å²) < 4.78 is 13.1. The normalized spacial score (nSPS) is 10.9. The minimum absolute atomic E-state index is 0.691. The van der Waals surface area contributed by atoms with Crippen LogP contribution in [0, 0.1) is 0 Å². The number of fused-ring (bicyclic) bond motifs is 1. The van der Waals surface area contributed by atoms with Crippen LogP contribution in [0.5, 0.6) is 11.5 Å². The number of ether oxygens (including phenoxy) is 2. The molecule has 26 heavy (non-hydrogen) atoms. The Morgan fingerprint density at radius 3 is 2.65 bits per heavy atom. The van der Waals surface area contributed by atoms with E-state index in [1.165, 1.54) is 0 Å². The number of nitrogens with one attached hydrogen (secondary N) is 1. The van der Waals surface area contributed by atoms with Crippen LogP contribution in [-0.4, -0.2) is 23.8 Å². The second kappa shape index (κ2) is 8.06. The van der Waals surface area contributed by atoms with E-state index in [0.29, 0.717) is 13.1 Å². The lowest BCUT2D eigenvalue weighted by molar-refractivity contribution is 0.351. The summed E-state index contributed by atoms with van der Waals surface area (Å²) in [6, 6.07) is 12.3. The molecule has 0 atom stereocenters. The fourth-order valence-electron chi connectivity index (χ4n) is 3.19. The molecule has 1 N–H and O–H groups in total. The highest BCUT2D eigenvalue weighted by atomic mass is 16.5. The van der Waals surface area contributed by atoms with Crippen LogP contribution in [-0.2, 0) is 26.6 Å². The van der Waals surface area contributed by atoms with Crippen molar-refractivity contribution in [2.45, 2.75) is 19.5 Å². The Balaban J connectivity index is 1.75. The molecule has 5 nitrogen and oxygen atoms in total. The molecule has 1 heterocycles. The number of allylic oxidation sites excluding steroid dienone is 1. The Morgan fingerprint density at radius 1 is 1.15 bits per heavy atom. The Hall–Kier alpha value is -2.79. The number of hydrogen-bond donors (Lipinski definition) is 1. The van der Waals surface area contributed by atoms with E-state index in [4.69, 9.17) is 14.5 Å². The monoisotopic (exact) mass is 351 g/mol. The summed E-state index contributed by atoms with van der Waals surface area (Å²) in [6.07, 6.45) is 2.60. The largest absolute Gasteiger partial charge is 0.493 e. The van der Waals surface area contributed by atoms with Gasteiger partial charge in [0.2, 0.25) is 0 Å². The van der Waals surface area contributed by atoms with E-state index < -0.39 is 0 Å². The first-order valence-corrected chi connectivity index (χ1v) is 8.63. The fourth-order valence-corrected chi connectivity index (χ4v) is 3.19. The fraction of sp³-hybridized carbons (Fsp3) is 0.286. The van der Waals surface area contributed by atoms with Gasteiger partial charge in [-0.15, -0.1) is 6.58 Å². The summed E-state index contributed by atoms with van der Waals surface area (Å²) in [5.74, 6) is 2.52. The van der Waals surface area contributed by atoms with Gasteiger partial charge in [-0.25, -0.2) is 4.98 Å². The second-order valence-corrected chi connectivity index (χ2v) is 6.16. The van der Waals surface area contributed by atoms with E-state index in [-0.39, 0.29) is 0 Å². The van der Waals surface area contributed by atoms with Crippen molar-refractivity contribution in [2.75, 3.05) is 14.2 Å². The Kier molecular flexibility index (Phi) is 5.58. The third-order valence-electron chi connectivity index (χ3n) is 4.47. The average Bonchev–Trinajstić information content (AvgIpc) is 2.98. The molecule has 0 fully saturated rings. The first-order valence-electron chi connectivity index (χ1n) is 8.63. The van der Waals surface area contributed by atoms with Gasteiger partial charge in [0, 0.05) is 19.2 Å². The highest BCUT2D eigenvalue weighted by Gasteiger charge is 2.12. The van der Waals surface area contributed by atoms with Gasteiger partial charge < -0.3 is 19.4 Å². The third kappa shape index (κ3) is 3.58.